The molecule has 150 valence electrons. The van der Waals surface area contributed by atoms with Crippen LogP contribution in [0.1, 0.15) is 42.4 Å². The highest BCUT2D eigenvalue weighted by Crippen LogP contribution is 2.33. The van der Waals surface area contributed by atoms with Crippen molar-refractivity contribution in [2.45, 2.75) is 44.1 Å². The van der Waals surface area contributed by atoms with Crippen molar-refractivity contribution in [2.75, 3.05) is 13.1 Å². The first-order chi connectivity index (χ1) is 13.3. The molecule has 1 aliphatic rings. The fourth-order valence-corrected chi connectivity index (χ4v) is 5.84. The second kappa shape index (κ2) is 6.93. The molecule has 7 nitrogen and oxygen atoms in total. The van der Waals surface area contributed by atoms with Gasteiger partial charge in [-0.2, -0.15) is 18.2 Å². The highest BCUT2D eigenvalue weighted by atomic mass is 32.2. The van der Waals surface area contributed by atoms with Crippen molar-refractivity contribution >= 4 is 21.1 Å². The number of nitrogens with zero attached hydrogens (tertiary/aromatic N) is 4. The maximum atomic E-state index is 13.2. The maximum absolute atomic E-state index is 13.2. The molecule has 10 heteroatoms. The number of fused-ring (bicyclic) bond motifs is 1. The Morgan fingerprint density at radius 2 is 2.11 bits per heavy atom. The van der Waals surface area contributed by atoms with E-state index >= 15 is 0 Å². The van der Waals surface area contributed by atoms with E-state index in [0.717, 1.165) is 23.1 Å². The summed E-state index contributed by atoms with van der Waals surface area (Å²) in [6, 6.07) is 5.71. The van der Waals surface area contributed by atoms with E-state index in [9.17, 15) is 17.2 Å². The average molecular weight is 409 g/mol. The van der Waals surface area contributed by atoms with Crippen LogP contribution in [0.4, 0.5) is 8.78 Å². The average Bonchev–Trinajstić information content (AvgIpc) is 3.22. The normalized spacial score (nSPS) is 19.0. The molecule has 4 heterocycles. The summed E-state index contributed by atoms with van der Waals surface area (Å²) in [5, 5.41) is 3.72. The molecule has 1 N–H and O–H groups in total. The first kappa shape index (κ1) is 19.0. The monoisotopic (exact) mass is 409 g/mol. The van der Waals surface area contributed by atoms with Crippen LogP contribution in [0.3, 0.4) is 0 Å². The lowest BCUT2D eigenvalue weighted by atomic mass is 9.96. The molecule has 1 fully saturated rings. The summed E-state index contributed by atoms with van der Waals surface area (Å²) < 4.78 is 54.5. The minimum absolute atomic E-state index is 0.0107. The quantitative estimate of drug-likeness (QED) is 0.716. The van der Waals surface area contributed by atoms with Gasteiger partial charge in [-0.25, -0.2) is 13.1 Å². The molecule has 1 atom stereocenters. The first-order valence-corrected chi connectivity index (χ1v) is 10.5. The maximum Gasteiger partial charge on any atom is 0.333 e. The van der Waals surface area contributed by atoms with Crippen molar-refractivity contribution in [1.82, 2.24) is 24.1 Å². The van der Waals surface area contributed by atoms with E-state index in [1.165, 1.54) is 18.2 Å². The molecule has 3 aromatic heterocycles. The summed E-state index contributed by atoms with van der Waals surface area (Å²) in [6.45, 7) is 0.577. The molecule has 0 radical (unpaired) electrons. The lowest BCUT2D eigenvalue weighted by Gasteiger charge is -2.31. The van der Waals surface area contributed by atoms with Gasteiger partial charge >= 0.3 is 6.55 Å². The Kier molecular flexibility index (Phi) is 4.70. The van der Waals surface area contributed by atoms with Crippen molar-refractivity contribution in [1.29, 1.82) is 0 Å². The van der Waals surface area contributed by atoms with Crippen molar-refractivity contribution in [3.8, 4) is 0 Å². The summed E-state index contributed by atoms with van der Waals surface area (Å²) >= 11 is 0. The van der Waals surface area contributed by atoms with Crippen molar-refractivity contribution < 1.29 is 17.2 Å². The number of aromatic amines is 1. The van der Waals surface area contributed by atoms with E-state index in [2.05, 4.69) is 15.1 Å². The number of alkyl halides is 2. The fraction of sp³-hybridized carbons (Fsp3) is 0.444. The molecule has 1 unspecified atom stereocenters. The first-order valence-electron chi connectivity index (χ1n) is 9.06. The minimum Gasteiger partial charge on any atom is -0.357 e. The van der Waals surface area contributed by atoms with Gasteiger partial charge in [0.25, 0.3) is 0 Å². The van der Waals surface area contributed by atoms with Crippen LogP contribution >= 0.6 is 0 Å². The minimum atomic E-state index is -3.92. The summed E-state index contributed by atoms with van der Waals surface area (Å²) in [5.41, 5.74) is 2.73. The number of sulfonamides is 1. The van der Waals surface area contributed by atoms with E-state index in [0.29, 0.717) is 17.6 Å². The Morgan fingerprint density at radius 3 is 2.79 bits per heavy atom. The standard InChI is InChI=1S/C18H21F2N5O2S/c1-11-17(12(2)25(23-11)18(19)20)28(26,27)24-8-4-5-13(10-24)15-9-16-14(22-15)6-3-7-21-16/h3,6-7,9,13,18,22H,4-5,8,10H2,1-2H3. The highest BCUT2D eigenvalue weighted by Gasteiger charge is 2.36. The number of rotatable bonds is 4. The van der Waals surface area contributed by atoms with Crippen molar-refractivity contribution in [2.24, 2.45) is 0 Å². The second-order valence-electron chi connectivity index (χ2n) is 7.09. The summed E-state index contributed by atoms with van der Waals surface area (Å²) in [6.07, 6.45) is 3.24. The van der Waals surface area contributed by atoms with Crippen LogP contribution in [0.2, 0.25) is 0 Å². The van der Waals surface area contributed by atoms with Crippen LogP contribution in [0.25, 0.3) is 11.0 Å². The van der Waals surface area contributed by atoms with Crippen LogP contribution in [-0.4, -0.2) is 45.6 Å². The molecule has 3 aromatic rings. The molecule has 0 spiro atoms. The zero-order valence-corrected chi connectivity index (χ0v) is 16.4. The smallest absolute Gasteiger partial charge is 0.333 e. The molecule has 28 heavy (non-hydrogen) atoms. The Labute approximate surface area is 161 Å². The van der Waals surface area contributed by atoms with Gasteiger partial charge in [0.05, 0.1) is 22.4 Å². The molecule has 0 aromatic carbocycles. The molecule has 4 rings (SSSR count). The predicted octanol–water partition coefficient (Wildman–Crippen LogP) is 3.34. The Bertz CT molecular complexity index is 1090. The molecular formula is C18H21F2N5O2S. The van der Waals surface area contributed by atoms with Crippen LogP contribution in [0.5, 0.6) is 0 Å². The van der Waals surface area contributed by atoms with Gasteiger partial charge in [-0.15, -0.1) is 0 Å². The number of halogens is 2. The number of aromatic nitrogens is 4. The SMILES string of the molecule is Cc1nn(C(F)F)c(C)c1S(=O)(=O)N1CCCC(c2cc3ncccc3[nH]2)C1. The second-order valence-corrected chi connectivity index (χ2v) is 8.96. The van der Waals surface area contributed by atoms with Gasteiger partial charge in [0.15, 0.2) is 0 Å². The van der Waals surface area contributed by atoms with Crippen LogP contribution in [0, 0.1) is 13.8 Å². The van der Waals surface area contributed by atoms with Gasteiger partial charge in [-0.3, -0.25) is 4.98 Å². The van der Waals surface area contributed by atoms with Gasteiger partial charge in [-0.1, -0.05) is 0 Å². The fourth-order valence-electron chi connectivity index (χ4n) is 3.95. The van der Waals surface area contributed by atoms with Gasteiger partial charge < -0.3 is 4.98 Å². The van der Waals surface area contributed by atoms with E-state index in [-0.39, 0.29) is 28.7 Å². The molecule has 0 bridgehead atoms. The number of aryl methyl sites for hydroxylation is 1. The molecular weight excluding hydrogens is 388 g/mol. The molecule has 0 aliphatic carbocycles. The van der Waals surface area contributed by atoms with E-state index < -0.39 is 16.6 Å². The summed E-state index contributed by atoms with van der Waals surface area (Å²) in [7, 11) is -3.92. The third-order valence-corrected chi connectivity index (χ3v) is 7.39. The van der Waals surface area contributed by atoms with Gasteiger partial charge in [-0.05, 0) is 44.9 Å². The number of hydrogen-bond acceptors (Lipinski definition) is 4. The van der Waals surface area contributed by atoms with Crippen LogP contribution in [0.15, 0.2) is 29.3 Å². The third kappa shape index (κ3) is 3.10. The lowest BCUT2D eigenvalue weighted by Crippen LogP contribution is -2.39. The van der Waals surface area contributed by atoms with Crippen molar-refractivity contribution in [3.05, 3.63) is 41.5 Å². The molecule has 0 saturated carbocycles. The largest absolute Gasteiger partial charge is 0.357 e. The lowest BCUT2D eigenvalue weighted by molar-refractivity contribution is 0.0538. The summed E-state index contributed by atoms with van der Waals surface area (Å²) in [4.78, 5) is 7.51. The summed E-state index contributed by atoms with van der Waals surface area (Å²) in [5.74, 6) is -0.0107. The van der Waals surface area contributed by atoms with Gasteiger partial charge in [0.1, 0.15) is 4.90 Å². The third-order valence-electron chi connectivity index (χ3n) is 5.28. The number of piperidine rings is 1. The Hall–Kier alpha value is -2.33. The Balaban J connectivity index is 1.65. The number of nitrogens with one attached hydrogen (secondary N) is 1. The van der Waals surface area contributed by atoms with E-state index in [1.54, 1.807) is 6.20 Å². The van der Waals surface area contributed by atoms with Gasteiger partial charge in [0.2, 0.25) is 10.0 Å². The highest BCUT2D eigenvalue weighted by molar-refractivity contribution is 7.89. The van der Waals surface area contributed by atoms with Crippen LogP contribution in [-0.2, 0) is 10.0 Å². The zero-order chi connectivity index (χ0) is 20.1. The zero-order valence-electron chi connectivity index (χ0n) is 15.6. The van der Waals surface area contributed by atoms with Crippen LogP contribution < -0.4 is 0 Å². The number of H-pyrrole nitrogens is 1. The molecule has 1 aliphatic heterocycles. The number of pyridine rings is 1. The topological polar surface area (TPSA) is 83.9 Å². The molecule has 1 saturated heterocycles. The molecule has 0 amide bonds. The van der Waals surface area contributed by atoms with E-state index in [4.69, 9.17) is 0 Å². The van der Waals surface area contributed by atoms with Gasteiger partial charge in [0, 0.05) is 30.9 Å². The Morgan fingerprint density at radius 1 is 1.32 bits per heavy atom. The van der Waals surface area contributed by atoms with E-state index in [1.807, 2.05) is 18.2 Å². The van der Waals surface area contributed by atoms with Crippen molar-refractivity contribution in [3.63, 3.8) is 0 Å². The number of hydrogen-bond donors (Lipinski definition) is 1. The predicted molar refractivity (Wildman–Crippen MR) is 99.8 cm³/mol.